The van der Waals surface area contributed by atoms with Gasteiger partial charge in [0.2, 0.25) is 0 Å². The van der Waals surface area contributed by atoms with Gasteiger partial charge in [0.05, 0.1) is 0 Å². The van der Waals surface area contributed by atoms with Crippen LogP contribution in [0.3, 0.4) is 0 Å². The van der Waals surface area contributed by atoms with Gasteiger partial charge in [0.15, 0.2) is 0 Å². The van der Waals surface area contributed by atoms with Crippen LogP contribution in [0.4, 0.5) is 0 Å². The molecule has 2 saturated heterocycles. The number of hydrogen-bond donors (Lipinski definition) is 1. The second-order valence-corrected chi connectivity index (χ2v) is 7.23. The third kappa shape index (κ3) is 3.14. The van der Waals surface area contributed by atoms with Gasteiger partial charge in [-0.2, -0.15) is 0 Å². The average Bonchev–Trinajstić information content (AvgIpc) is 2.41. The van der Waals surface area contributed by atoms with Gasteiger partial charge >= 0.3 is 0 Å². The van der Waals surface area contributed by atoms with Gasteiger partial charge in [-0.15, -0.1) is 0 Å². The van der Waals surface area contributed by atoms with E-state index in [-0.39, 0.29) is 0 Å². The first-order chi connectivity index (χ1) is 9.24. The Balaban J connectivity index is 1.63. The summed E-state index contributed by atoms with van der Waals surface area (Å²) in [7, 11) is 0. The first-order valence-corrected chi connectivity index (χ1v) is 8.41. The number of hydrogen-bond acceptors (Lipinski definition) is 3. The van der Waals surface area contributed by atoms with Crippen molar-refractivity contribution < 1.29 is 0 Å². The second kappa shape index (κ2) is 6.11. The summed E-state index contributed by atoms with van der Waals surface area (Å²) in [4.78, 5) is 0. The Labute approximate surface area is 117 Å². The Morgan fingerprint density at radius 3 is 2.89 bits per heavy atom. The molecule has 3 heteroatoms. The van der Waals surface area contributed by atoms with E-state index in [0.717, 1.165) is 49.6 Å². The van der Waals surface area contributed by atoms with Crippen LogP contribution in [0.15, 0.2) is 0 Å². The molecule has 3 rings (SSSR count). The maximum absolute atomic E-state index is 12.0. The van der Waals surface area contributed by atoms with Crippen molar-refractivity contribution >= 4 is 0 Å². The van der Waals surface area contributed by atoms with Gasteiger partial charge in [-0.1, -0.05) is 13.3 Å². The fraction of sp³-hybridized carbons (Fsp3) is 1.00. The fourth-order valence-corrected chi connectivity index (χ4v) is 4.85. The molecule has 0 spiro atoms. The lowest BCUT2D eigenvalue weighted by atomic mass is 9.66. The third-order valence-corrected chi connectivity index (χ3v) is 5.75. The van der Waals surface area contributed by atoms with E-state index in [2.05, 4.69) is 12.2 Å². The van der Waals surface area contributed by atoms with Gasteiger partial charge in [0, 0.05) is 6.04 Å². The lowest BCUT2D eigenvalue weighted by molar-refractivity contribution is 0.0708. The topological polar surface area (TPSA) is 38.3 Å². The van der Waals surface area contributed by atoms with Gasteiger partial charge in [-0.3, -0.25) is 0 Å². The zero-order valence-corrected chi connectivity index (χ0v) is 12.3. The van der Waals surface area contributed by atoms with Gasteiger partial charge in [-0.05, 0) is 81.8 Å². The predicted octanol–water partition coefficient (Wildman–Crippen LogP) is 3.14. The second-order valence-electron chi connectivity index (χ2n) is 7.23. The number of fused-ring (bicyclic) bond motifs is 1. The number of nitrogens with zero attached hydrogens (tertiary/aromatic N) is 1. The van der Waals surface area contributed by atoms with E-state index in [1.54, 1.807) is 0 Å². The van der Waals surface area contributed by atoms with E-state index < -0.39 is 0 Å². The molecular weight excluding hydrogens is 236 g/mol. The Hall–Kier alpha value is -0.120. The molecular formula is C16H29N2O-. The molecule has 0 amide bonds. The maximum atomic E-state index is 12.0. The molecule has 3 fully saturated rings. The molecule has 3 aliphatic rings. The smallest absolute Gasteiger partial charge is 0.0100 e. The molecule has 1 aliphatic carbocycles. The Kier molecular flexibility index (Phi) is 4.45. The van der Waals surface area contributed by atoms with Crippen LogP contribution in [-0.4, -0.2) is 30.2 Å². The van der Waals surface area contributed by atoms with Gasteiger partial charge in [-0.25, -0.2) is 0 Å². The van der Waals surface area contributed by atoms with Crippen molar-refractivity contribution in [1.29, 1.82) is 0 Å². The highest BCUT2D eigenvalue weighted by atomic mass is 16.5. The molecule has 1 N–H and O–H groups in total. The zero-order chi connectivity index (χ0) is 13.2. The lowest BCUT2D eigenvalue weighted by Crippen LogP contribution is -2.50. The molecule has 0 radical (unpaired) electrons. The minimum Gasteiger partial charge on any atom is -0.785 e. The monoisotopic (exact) mass is 265 g/mol. The van der Waals surface area contributed by atoms with Crippen molar-refractivity contribution in [3.63, 3.8) is 0 Å². The van der Waals surface area contributed by atoms with Crippen molar-refractivity contribution in [2.45, 2.75) is 70.4 Å². The molecule has 2 aliphatic heterocycles. The molecule has 2 heterocycles. The Morgan fingerprint density at radius 2 is 2.05 bits per heavy atom. The molecule has 1 saturated carbocycles. The summed E-state index contributed by atoms with van der Waals surface area (Å²) in [6.07, 6.45) is 10.1. The molecule has 5 atom stereocenters. The standard InChI is InChI=1S/C16H29N2O/c1-12-9-13(11-14-5-2-3-8-18(14)19)15-6-4-7-17-16(15)10-12/h12-17H,2-11H2,1H3/q-1/t12-,13+,14?,15+,16-/m1/s1. The van der Waals surface area contributed by atoms with E-state index in [9.17, 15) is 5.21 Å². The van der Waals surface area contributed by atoms with Crippen LogP contribution in [0.25, 0.3) is 0 Å². The molecule has 1 unspecified atom stereocenters. The highest BCUT2D eigenvalue weighted by Gasteiger charge is 2.38. The van der Waals surface area contributed by atoms with E-state index in [0.29, 0.717) is 6.04 Å². The van der Waals surface area contributed by atoms with Crippen LogP contribution in [0.1, 0.15) is 58.3 Å². The molecule has 0 aromatic carbocycles. The minimum absolute atomic E-state index is 0.326. The van der Waals surface area contributed by atoms with E-state index in [1.165, 1.54) is 43.7 Å². The molecule has 3 nitrogen and oxygen atoms in total. The maximum Gasteiger partial charge on any atom is 0.0100 e. The first-order valence-electron chi connectivity index (χ1n) is 8.41. The highest BCUT2D eigenvalue weighted by molar-refractivity contribution is 4.94. The minimum atomic E-state index is 0.326. The van der Waals surface area contributed by atoms with Crippen LogP contribution in [0.2, 0.25) is 0 Å². The first kappa shape index (κ1) is 13.8. The highest BCUT2D eigenvalue weighted by Crippen LogP contribution is 2.41. The Bertz CT molecular complexity index is 296. The number of hydroxylamine groups is 2. The average molecular weight is 265 g/mol. The summed E-state index contributed by atoms with van der Waals surface area (Å²) in [5.74, 6) is 2.47. The summed E-state index contributed by atoms with van der Waals surface area (Å²) in [6.45, 7) is 4.38. The number of nitrogens with one attached hydrogen (secondary N) is 1. The van der Waals surface area contributed by atoms with Gasteiger partial charge in [0.25, 0.3) is 0 Å². The summed E-state index contributed by atoms with van der Waals surface area (Å²) in [5.41, 5.74) is 0. The van der Waals surface area contributed by atoms with Crippen molar-refractivity contribution in [3.05, 3.63) is 5.21 Å². The fourth-order valence-electron chi connectivity index (χ4n) is 4.85. The predicted molar refractivity (Wildman–Crippen MR) is 78.7 cm³/mol. The SMILES string of the molecule is C[C@@H]1C[C@@H](CC2CCCCN2[O-])[C@@H]2CCCN[C@@H]2C1. The quantitative estimate of drug-likeness (QED) is 0.833. The molecule has 0 aromatic heterocycles. The molecule has 0 bridgehead atoms. The molecule has 0 aromatic rings. The van der Waals surface area contributed by atoms with Crippen LogP contribution in [0.5, 0.6) is 0 Å². The zero-order valence-electron chi connectivity index (χ0n) is 12.3. The van der Waals surface area contributed by atoms with E-state index >= 15 is 0 Å². The van der Waals surface area contributed by atoms with Crippen molar-refractivity contribution in [3.8, 4) is 0 Å². The number of piperidine rings is 2. The van der Waals surface area contributed by atoms with Crippen molar-refractivity contribution in [2.75, 3.05) is 13.1 Å². The number of rotatable bonds is 2. The molecule has 110 valence electrons. The third-order valence-electron chi connectivity index (χ3n) is 5.75. The molecule has 19 heavy (non-hydrogen) atoms. The van der Waals surface area contributed by atoms with Gasteiger partial charge in [0.1, 0.15) is 0 Å². The Morgan fingerprint density at radius 1 is 1.16 bits per heavy atom. The largest absolute Gasteiger partial charge is 0.785 e. The van der Waals surface area contributed by atoms with Crippen LogP contribution < -0.4 is 5.32 Å². The van der Waals surface area contributed by atoms with Crippen molar-refractivity contribution in [2.24, 2.45) is 17.8 Å². The lowest BCUT2D eigenvalue weighted by Gasteiger charge is -2.48. The van der Waals surface area contributed by atoms with Crippen LogP contribution in [0, 0.1) is 23.0 Å². The van der Waals surface area contributed by atoms with E-state index in [4.69, 9.17) is 0 Å². The summed E-state index contributed by atoms with van der Waals surface area (Å²) in [5, 5.41) is 17.1. The van der Waals surface area contributed by atoms with E-state index in [1.807, 2.05) is 0 Å². The normalized spacial score (nSPS) is 44.8. The summed E-state index contributed by atoms with van der Waals surface area (Å²) < 4.78 is 0. The van der Waals surface area contributed by atoms with Crippen LogP contribution >= 0.6 is 0 Å². The van der Waals surface area contributed by atoms with Gasteiger partial charge < -0.3 is 15.6 Å². The van der Waals surface area contributed by atoms with Crippen molar-refractivity contribution in [1.82, 2.24) is 10.4 Å². The van der Waals surface area contributed by atoms with Crippen LogP contribution in [-0.2, 0) is 0 Å². The summed E-state index contributed by atoms with van der Waals surface area (Å²) in [6, 6.07) is 1.07. The summed E-state index contributed by atoms with van der Waals surface area (Å²) >= 11 is 0.